The fourth-order valence-corrected chi connectivity index (χ4v) is 2.82. The molecule has 0 saturated heterocycles. The van der Waals surface area contributed by atoms with Crippen LogP contribution in [-0.4, -0.2) is 41.0 Å². The summed E-state index contributed by atoms with van der Waals surface area (Å²) >= 11 is 0. The average Bonchev–Trinajstić information content (AvgIpc) is 2.64. The van der Waals surface area contributed by atoms with E-state index in [1.165, 1.54) is 26.4 Å². The van der Waals surface area contributed by atoms with Crippen molar-refractivity contribution < 1.29 is 32.2 Å². The highest BCUT2D eigenvalue weighted by Gasteiger charge is 2.19. The lowest BCUT2D eigenvalue weighted by Gasteiger charge is -2.09. The van der Waals surface area contributed by atoms with E-state index in [9.17, 15) is 18.0 Å². The van der Waals surface area contributed by atoms with Crippen molar-refractivity contribution in [1.29, 1.82) is 0 Å². The largest absolute Gasteiger partial charge is 0.497 e. The van der Waals surface area contributed by atoms with Crippen molar-refractivity contribution in [2.24, 2.45) is 5.14 Å². The van der Waals surface area contributed by atoms with E-state index in [1.807, 2.05) is 0 Å². The molecule has 8 nitrogen and oxygen atoms in total. The van der Waals surface area contributed by atoms with Crippen LogP contribution < -0.4 is 14.6 Å². The van der Waals surface area contributed by atoms with Gasteiger partial charge >= 0.3 is 5.97 Å². The minimum Gasteiger partial charge on any atom is -0.497 e. The van der Waals surface area contributed by atoms with Gasteiger partial charge in [-0.2, -0.15) is 0 Å². The number of sulfonamides is 1. The standard InChI is InChI=1S/C17H17NO7S/c1-23-13-6-3-11(4-7-13)14(19)10-25-17(20)12-5-8-15(24-2)16(9-12)26(18,21)22/h3-9H,10H2,1-2H3,(H2,18,21,22). The van der Waals surface area contributed by atoms with Crippen LogP contribution in [0.25, 0.3) is 0 Å². The third-order valence-corrected chi connectivity index (χ3v) is 4.38. The number of nitrogens with two attached hydrogens (primary N) is 1. The number of hydrogen-bond donors (Lipinski definition) is 1. The Bertz CT molecular complexity index is 921. The molecule has 2 aromatic carbocycles. The smallest absolute Gasteiger partial charge is 0.338 e. The maximum Gasteiger partial charge on any atom is 0.338 e. The molecule has 26 heavy (non-hydrogen) atoms. The minimum atomic E-state index is -4.09. The van der Waals surface area contributed by atoms with Crippen LogP contribution >= 0.6 is 0 Å². The van der Waals surface area contributed by atoms with E-state index < -0.39 is 28.4 Å². The van der Waals surface area contributed by atoms with Gasteiger partial charge in [-0.05, 0) is 42.5 Å². The van der Waals surface area contributed by atoms with Crippen molar-refractivity contribution in [3.63, 3.8) is 0 Å². The number of carbonyl (C=O) groups is 2. The summed E-state index contributed by atoms with van der Waals surface area (Å²) in [6.07, 6.45) is 0. The van der Waals surface area contributed by atoms with Crippen molar-refractivity contribution in [2.45, 2.75) is 4.90 Å². The van der Waals surface area contributed by atoms with Gasteiger partial charge in [0.05, 0.1) is 19.8 Å². The Kier molecular flexibility index (Phi) is 5.96. The highest BCUT2D eigenvalue weighted by molar-refractivity contribution is 7.89. The monoisotopic (exact) mass is 379 g/mol. The Hall–Kier alpha value is -2.91. The van der Waals surface area contributed by atoms with Crippen LogP contribution in [0, 0.1) is 0 Å². The highest BCUT2D eigenvalue weighted by atomic mass is 32.2. The first-order valence-corrected chi connectivity index (χ1v) is 8.86. The van der Waals surface area contributed by atoms with Crippen molar-refractivity contribution in [2.75, 3.05) is 20.8 Å². The molecule has 0 aliphatic heterocycles. The molecule has 0 amide bonds. The summed E-state index contributed by atoms with van der Waals surface area (Å²) in [5.74, 6) is -0.689. The molecule has 0 aromatic heterocycles. The van der Waals surface area contributed by atoms with Crippen LogP contribution in [0.3, 0.4) is 0 Å². The van der Waals surface area contributed by atoms with E-state index in [1.54, 1.807) is 24.3 Å². The number of rotatable bonds is 7. The number of ether oxygens (including phenoxy) is 3. The molecular weight excluding hydrogens is 362 g/mol. The first-order valence-electron chi connectivity index (χ1n) is 7.31. The average molecular weight is 379 g/mol. The molecule has 0 saturated carbocycles. The Morgan fingerprint density at radius 3 is 2.12 bits per heavy atom. The van der Waals surface area contributed by atoms with Crippen LogP contribution in [0.4, 0.5) is 0 Å². The van der Waals surface area contributed by atoms with Crippen LogP contribution in [0.2, 0.25) is 0 Å². The number of Topliss-reactive ketones (excluding diaryl/α,β-unsaturated/α-hetero) is 1. The Morgan fingerprint density at radius 2 is 1.58 bits per heavy atom. The van der Waals surface area contributed by atoms with Crippen LogP contribution in [0.5, 0.6) is 11.5 Å². The highest BCUT2D eigenvalue weighted by Crippen LogP contribution is 2.24. The van der Waals surface area contributed by atoms with E-state index in [0.717, 1.165) is 6.07 Å². The second-order valence-corrected chi connectivity index (χ2v) is 6.67. The molecule has 0 spiro atoms. The van der Waals surface area contributed by atoms with Crippen molar-refractivity contribution in [1.82, 2.24) is 0 Å². The fraction of sp³-hybridized carbons (Fsp3) is 0.176. The van der Waals surface area contributed by atoms with Gasteiger partial charge in [0.15, 0.2) is 12.4 Å². The molecule has 2 N–H and O–H groups in total. The van der Waals surface area contributed by atoms with Gasteiger partial charge in [0.1, 0.15) is 16.4 Å². The number of ketones is 1. The number of hydrogen-bond acceptors (Lipinski definition) is 7. The molecule has 2 aromatic rings. The topological polar surface area (TPSA) is 122 Å². The summed E-state index contributed by atoms with van der Waals surface area (Å²) in [5.41, 5.74) is 0.274. The van der Waals surface area contributed by atoms with Gasteiger partial charge in [0.25, 0.3) is 0 Å². The lowest BCUT2D eigenvalue weighted by atomic mass is 10.1. The van der Waals surface area contributed by atoms with Gasteiger partial charge in [-0.15, -0.1) is 0 Å². The third kappa shape index (κ3) is 4.58. The zero-order valence-corrected chi connectivity index (χ0v) is 14.9. The zero-order chi connectivity index (χ0) is 19.3. The molecule has 0 radical (unpaired) electrons. The van der Waals surface area contributed by atoms with Gasteiger partial charge in [-0.3, -0.25) is 4.79 Å². The molecule has 0 unspecified atom stereocenters. The SMILES string of the molecule is COc1ccc(C(=O)COC(=O)c2ccc(OC)c(S(N)(=O)=O)c2)cc1. The van der Waals surface area contributed by atoms with Crippen LogP contribution in [0.1, 0.15) is 20.7 Å². The Labute approximate surface area is 150 Å². The van der Waals surface area contributed by atoms with Crippen molar-refractivity contribution >= 4 is 21.8 Å². The van der Waals surface area contributed by atoms with E-state index in [4.69, 9.17) is 19.3 Å². The van der Waals surface area contributed by atoms with Crippen molar-refractivity contribution in [3.8, 4) is 11.5 Å². The maximum atomic E-state index is 12.1. The normalized spacial score (nSPS) is 10.9. The maximum absolute atomic E-state index is 12.1. The van der Waals surface area contributed by atoms with E-state index >= 15 is 0 Å². The summed E-state index contributed by atoms with van der Waals surface area (Å²) < 4.78 is 38.0. The predicted octanol–water partition coefficient (Wildman–Crippen LogP) is 1.39. The number of esters is 1. The number of primary sulfonamides is 1. The van der Waals surface area contributed by atoms with E-state index in [2.05, 4.69) is 0 Å². The van der Waals surface area contributed by atoms with Gasteiger partial charge in [-0.1, -0.05) is 0 Å². The predicted molar refractivity (Wildman–Crippen MR) is 92.0 cm³/mol. The summed E-state index contributed by atoms with van der Waals surface area (Å²) in [5, 5.41) is 5.10. The van der Waals surface area contributed by atoms with E-state index in [-0.39, 0.29) is 16.2 Å². The summed E-state index contributed by atoms with van der Waals surface area (Å²) in [6.45, 7) is -0.498. The summed E-state index contributed by atoms with van der Waals surface area (Å²) in [6, 6.07) is 9.93. The van der Waals surface area contributed by atoms with Crippen LogP contribution in [0.15, 0.2) is 47.4 Å². The quantitative estimate of drug-likeness (QED) is 0.570. The zero-order valence-electron chi connectivity index (χ0n) is 14.1. The molecule has 9 heteroatoms. The third-order valence-electron chi connectivity index (χ3n) is 3.45. The number of methoxy groups -OCH3 is 2. The number of carbonyl (C=O) groups excluding carboxylic acids is 2. The minimum absolute atomic E-state index is 0.00152. The number of benzene rings is 2. The second-order valence-electron chi connectivity index (χ2n) is 5.14. The van der Waals surface area contributed by atoms with Gasteiger partial charge in [0.2, 0.25) is 10.0 Å². The molecule has 0 aliphatic rings. The summed E-state index contributed by atoms with van der Waals surface area (Å²) in [4.78, 5) is 23.8. The van der Waals surface area contributed by atoms with Gasteiger partial charge in [0, 0.05) is 5.56 Å². The first-order chi connectivity index (χ1) is 12.3. The molecular formula is C17H17NO7S. The lowest BCUT2D eigenvalue weighted by Crippen LogP contribution is -2.17. The lowest BCUT2D eigenvalue weighted by molar-refractivity contribution is 0.0474. The first kappa shape index (κ1) is 19.4. The molecule has 0 atom stereocenters. The molecule has 138 valence electrons. The molecule has 0 bridgehead atoms. The molecule has 0 heterocycles. The van der Waals surface area contributed by atoms with Gasteiger partial charge < -0.3 is 14.2 Å². The summed E-state index contributed by atoms with van der Waals surface area (Å²) in [7, 11) is -1.32. The van der Waals surface area contributed by atoms with Crippen molar-refractivity contribution in [3.05, 3.63) is 53.6 Å². The second kappa shape index (κ2) is 7.98. The Morgan fingerprint density at radius 1 is 0.962 bits per heavy atom. The van der Waals surface area contributed by atoms with Crippen LogP contribution in [-0.2, 0) is 14.8 Å². The molecule has 2 rings (SSSR count). The fourth-order valence-electron chi connectivity index (χ4n) is 2.10. The van der Waals surface area contributed by atoms with Gasteiger partial charge in [-0.25, -0.2) is 18.4 Å². The molecule has 0 fully saturated rings. The van der Waals surface area contributed by atoms with E-state index in [0.29, 0.717) is 11.3 Å². The Balaban J connectivity index is 2.11. The molecule has 0 aliphatic carbocycles.